The third kappa shape index (κ3) is 3.10. The number of H-pyrrole nitrogens is 1. The first-order chi connectivity index (χ1) is 10.6. The lowest BCUT2D eigenvalue weighted by Gasteiger charge is -2.07. The van der Waals surface area contributed by atoms with E-state index in [0.717, 1.165) is 11.4 Å². The summed E-state index contributed by atoms with van der Waals surface area (Å²) >= 11 is 11.7. The van der Waals surface area contributed by atoms with Crippen LogP contribution in [0.2, 0.25) is 10.2 Å². The SMILES string of the molecule is O=C(Nc1ccc(-c2ncc[nH]2)cc1)c1nc(Cl)ccc1Cl. The van der Waals surface area contributed by atoms with Gasteiger partial charge in [-0.15, -0.1) is 0 Å². The molecule has 3 aromatic rings. The topological polar surface area (TPSA) is 70.7 Å². The molecular formula is C15H10Cl2N4O. The third-order valence-corrected chi connectivity index (χ3v) is 3.46. The highest BCUT2D eigenvalue weighted by atomic mass is 35.5. The summed E-state index contributed by atoms with van der Waals surface area (Å²) in [5.74, 6) is 0.343. The number of nitrogens with zero attached hydrogens (tertiary/aromatic N) is 2. The zero-order chi connectivity index (χ0) is 15.5. The predicted molar refractivity (Wildman–Crippen MR) is 86.2 cm³/mol. The molecule has 22 heavy (non-hydrogen) atoms. The molecule has 0 bridgehead atoms. The Morgan fingerprint density at radius 3 is 2.55 bits per heavy atom. The fourth-order valence-electron chi connectivity index (χ4n) is 1.90. The van der Waals surface area contributed by atoms with Gasteiger partial charge in [0, 0.05) is 23.6 Å². The number of benzene rings is 1. The van der Waals surface area contributed by atoms with Crippen LogP contribution in [-0.4, -0.2) is 20.9 Å². The Balaban J connectivity index is 1.78. The number of amides is 1. The molecule has 0 atom stereocenters. The van der Waals surface area contributed by atoms with Crippen LogP contribution in [0.3, 0.4) is 0 Å². The van der Waals surface area contributed by atoms with Crippen LogP contribution >= 0.6 is 23.2 Å². The summed E-state index contributed by atoms with van der Waals surface area (Å²) in [5.41, 5.74) is 1.63. The summed E-state index contributed by atoms with van der Waals surface area (Å²) in [6, 6.07) is 10.3. The fraction of sp³-hybridized carbons (Fsp3) is 0. The summed E-state index contributed by atoms with van der Waals surface area (Å²) in [7, 11) is 0. The minimum absolute atomic E-state index is 0.0873. The Bertz CT molecular complexity index is 801. The van der Waals surface area contributed by atoms with Crippen LogP contribution in [0.5, 0.6) is 0 Å². The van der Waals surface area contributed by atoms with Crippen LogP contribution in [0.25, 0.3) is 11.4 Å². The van der Waals surface area contributed by atoms with Crippen LogP contribution < -0.4 is 5.32 Å². The number of carbonyl (C=O) groups is 1. The molecule has 0 radical (unpaired) electrons. The Hall–Kier alpha value is -2.37. The number of halogens is 2. The van der Waals surface area contributed by atoms with Crippen molar-refractivity contribution in [1.82, 2.24) is 15.0 Å². The highest BCUT2D eigenvalue weighted by molar-refractivity contribution is 6.35. The normalized spacial score (nSPS) is 10.5. The number of imidazole rings is 1. The van der Waals surface area contributed by atoms with Gasteiger partial charge in [-0.25, -0.2) is 9.97 Å². The highest BCUT2D eigenvalue weighted by Gasteiger charge is 2.13. The quantitative estimate of drug-likeness (QED) is 0.711. The lowest BCUT2D eigenvalue weighted by Crippen LogP contribution is -2.14. The van der Waals surface area contributed by atoms with Crippen molar-refractivity contribution in [3.05, 3.63) is 64.7 Å². The second-order valence-electron chi connectivity index (χ2n) is 4.43. The van der Waals surface area contributed by atoms with E-state index in [1.807, 2.05) is 12.1 Å². The number of hydrogen-bond acceptors (Lipinski definition) is 3. The van der Waals surface area contributed by atoms with Crippen LogP contribution in [0.15, 0.2) is 48.8 Å². The molecule has 0 aliphatic heterocycles. The molecule has 1 amide bonds. The van der Waals surface area contributed by atoms with Gasteiger partial charge in [0.15, 0.2) is 0 Å². The number of rotatable bonds is 3. The molecule has 2 aromatic heterocycles. The summed E-state index contributed by atoms with van der Waals surface area (Å²) in [4.78, 5) is 23.3. The molecule has 7 heteroatoms. The standard InChI is InChI=1S/C15H10Cl2N4O/c16-11-5-6-12(17)21-13(11)15(22)20-10-3-1-9(2-4-10)14-18-7-8-19-14/h1-8H,(H,18,19)(H,20,22). The number of hydrogen-bond donors (Lipinski definition) is 2. The van der Waals surface area contributed by atoms with Crippen molar-refractivity contribution in [2.75, 3.05) is 5.32 Å². The molecule has 1 aromatic carbocycles. The van der Waals surface area contributed by atoms with Crippen molar-refractivity contribution in [1.29, 1.82) is 0 Å². The van der Waals surface area contributed by atoms with E-state index in [1.54, 1.807) is 24.5 Å². The van der Waals surface area contributed by atoms with Gasteiger partial charge >= 0.3 is 0 Å². The molecule has 0 unspecified atom stereocenters. The molecule has 0 spiro atoms. The maximum absolute atomic E-state index is 12.2. The Kier molecular flexibility index (Phi) is 4.09. The molecule has 0 saturated heterocycles. The molecule has 0 aliphatic rings. The van der Waals surface area contributed by atoms with Gasteiger partial charge in [-0.2, -0.15) is 0 Å². The van der Waals surface area contributed by atoms with Crippen LogP contribution in [-0.2, 0) is 0 Å². The van der Waals surface area contributed by atoms with Crippen molar-refractivity contribution >= 4 is 34.8 Å². The van der Waals surface area contributed by atoms with E-state index < -0.39 is 5.91 Å². The van der Waals surface area contributed by atoms with Crippen molar-refractivity contribution in [3.63, 3.8) is 0 Å². The zero-order valence-electron chi connectivity index (χ0n) is 11.2. The summed E-state index contributed by atoms with van der Waals surface area (Å²) in [5, 5.41) is 3.18. The van der Waals surface area contributed by atoms with Crippen molar-refractivity contribution in [2.24, 2.45) is 0 Å². The minimum Gasteiger partial charge on any atom is -0.345 e. The lowest BCUT2D eigenvalue weighted by molar-refractivity contribution is 0.102. The van der Waals surface area contributed by atoms with Crippen LogP contribution in [0.1, 0.15) is 10.5 Å². The van der Waals surface area contributed by atoms with Gasteiger partial charge in [-0.1, -0.05) is 23.2 Å². The first-order valence-corrected chi connectivity index (χ1v) is 7.12. The summed E-state index contributed by atoms with van der Waals surface area (Å²) in [6.07, 6.45) is 3.43. The van der Waals surface area contributed by atoms with E-state index in [4.69, 9.17) is 23.2 Å². The lowest BCUT2D eigenvalue weighted by atomic mass is 10.2. The Morgan fingerprint density at radius 2 is 1.86 bits per heavy atom. The van der Waals surface area contributed by atoms with Gasteiger partial charge in [0.2, 0.25) is 0 Å². The van der Waals surface area contributed by atoms with Crippen molar-refractivity contribution in [2.45, 2.75) is 0 Å². The molecule has 110 valence electrons. The first kappa shape index (κ1) is 14.6. The largest absolute Gasteiger partial charge is 0.345 e. The second kappa shape index (κ2) is 6.17. The van der Waals surface area contributed by atoms with E-state index in [2.05, 4.69) is 20.3 Å². The second-order valence-corrected chi connectivity index (χ2v) is 5.23. The number of nitrogens with one attached hydrogen (secondary N) is 2. The summed E-state index contributed by atoms with van der Waals surface area (Å²) in [6.45, 7) is 0. The molecule has 0 aliphatic carbocycles. The number of aromatic nitrogens is 3. The maximum atomic E-state index is 12.2. The Morgan fingerprint density at radius 1 is 1.09 bits per heavy atom. The number of anilines is 1. The number of pyridine rings is 1. The highest BCUT2D eigenvalue weighted by Crippen LogP contribution is 2.20. The first-order valence-electron chi connectivity index (χ1n) is 6.37. The predicted octanol–water partition coefficient (Wildman–Crippen LogP) is 4.03. The monoisotopic (exact) mass is 332 g/mol. The minimum atomic E-state index is -0.418. The van der Waals surface area contributed by atoms with E-state index in [9.17, 15) is 4.79 Å². The van der Waals surface area contributed by atoms with Gasteiger partial charge in [-0.05, 0) is 36.4 Å². The molecular weight excluding hydrogens is 323 g/mol. The van der Waals surface area contributed by atoms with Gasteiger partial charge in [0.25, 0.3) is 5.91 Å². The zero-order valence-corrected chi connectivity index (χ0v) is 12.7. The number of aromatic amines is 1. The van der Waals surface area contributed by atoms with Crippen molar-refractivity contribution < 1.29 is 4.79 Å². The third-order valence-electron chi connectivity index (χ3n) is 2.94. The maximum Gasteiger partial charge on any atom is 0.275 e. The van der Waals surface area contributed by atoms with E-state index in [-0.39, 0.29) is 15.9 Å². The van der Waals surface area contributed by atoms with E-state index in [0.29, 0.717) is 5.69 Å². The summed E-state index contributed by atoms with van der Waals surface area (Å²) < 4.78 is 0. The number of carbonyl (C=O) groups excluding carboxylic acids is 1. The van der Waals surface area contributed by atoms with Gasteiger partial charge < -0.3 is 10.3 Å². The van der Waals surface area contributed by atoms with Crippen LogP contribution in [0, 0.1) is 0 Å². The van der Waals surface area contributed by atoms with Gasteiger partial charge in [0.1, 0.15) is 16.7 Å². The average molecular weight is 333 g/mol. The molecule has 5 nitrogen and oxygen atoms in total. The molecule has 0 saturated carbocycles. The van der Waals surface area contributed by atoms with Crippen LogP contribution in [0.4, 0.5) is 5.69 Å². The van der Waals surface area contributed by atoms with E-state index >= 15 is 0 Å². The molecule has 0 fully saturated rings. The Labute approximate surface area is 136 Å². The smallest absolute Gasteiger partial charge is 0.275 e. The van der Waals surface area contributed by atoms with Crippen molar-refractivity contribution in [3.8, 4) is 11.4 Å². The van der Waals surface area contributed by atoms with E-state index in [1.165, 1.54) is 12.1 Å². The fourth-order valence-corrected chi connectivity index (χ4v) is 2.24. The molecule has 2 heterocycles. The van der Waals surface area contributed by atoms with Gasteiger partial charge in [0.05, 0.1) is 5.02 Å². The molecule has 3 rings (SSSR count). The molecule has 2 N–H and O–H groups in total. The average Bonchev–Trinajstić information content (AvgIpc) is 3.05. The van der Waals surface area contributed by atoms with Gasteiger partial charge in [-0.3, -0.25) is 4.79 Å².